The number of hydrogen-bond donors (Lipinski definition) is 1. The van der Waals surface area contributed by atoms with Crippen molar-refractivity contribution < 1.29 is 30.7 Å². The van der Waals surface area contributed by atoms with E-state index in [4.69, 9.17) is 5.73 Å². The van der Waals surface area contributed by atoms with Crippen LogP contribution in [0.2, 0.25) is 0 Å². The summed E-state index contributed by atoms with van der Waals surface area (Å²) in [5.41, 5.74) is 5.78. The van der Waals surface area contributed by atoms with E-state index in [2.05, 4.69) is 5.10 Å². The Balaban J connectivity index is 2.37. The van der Waals surface area contributed by atoms with Crippen LogP contribution in [0.15, 0.2) is 30.5 Å². The first kappa shape index (κ1) is 19.1. The summed E-state index contributed by atoms with van der Waals surface area (Å²) >= 11 is 0. The van der Waals surface area contributed by atoms with Crippen molar-refractivity contribution in [1.82, 2.24) is 9.78 Å². The number of halogens is 7. The third-order valence-corrected chi connectivity index (χ3v) is 3.85. The normalized spacial score (nSPS) is 14.6. The van der Waals surface area contributed by atoms with E-state index in [9.17, 15) is 30.7 Å². The van der Waals surface area contributed by atoms with Crippen LogP contribution in [0.5, 0.6) is 0 Å². The molecule has 1 aromatic carbocycles. The minimum Gasteiger partial charge on any atom is -0.399 e. The second kappa shape index (κ2) is 5.92. The number of aromatic nitrogens is 2. The molecule has 0 saturated heterocycles. The molecule has 0 bridgehead atoms. The van der Waals surface area contributed by atoms with E-state index < -0.39 is 29.8 Å². The topological polar surface area (TPSA) is 43.8 Å². The van der Waals surface area contributed by atoms with E-state index >= 15 is 0 Å². The SMILES string of the molecule is Cc1cc(C(C)n2ccc(C(F)(F)C(F)(F)C(F)(F)F)n2)ccc1N. The van der Waals surface area contributed by atoms with Crippen LogP contribution in [0.1, 0.15) is 29.8 Å². The molecule has 3 nitrogen and oxygen atoms in total. The van der Waals surface area contributed by atoms with E-state index in [1.54, 1.807) is 25.1 Å². The van der Waals surface area contributed by atoms with Crippen LogP contribution >= 0.6 is 0 Å². The first-order valence-corrected chi connectivity index (χ1v) is 7.03. The maximum Gasteiger partial charge on any atom is 0.460 e. The van der Waals surface area contributed by atoms with Crippen molar-refractivity contribution in [1.29, 1.82) is 0 Å². The zero-order valence-electron chi connectivity index (χ0n) is 13.1. The molecular formula is C15H14F7N3. The van der Waals surface area contributed by atoms with Crippen molar-refractivity contribution >= 4 is 5.69 Å². The van der Waals surface area contributed by atoms with Gasteiger partial charge >= 0.3 is 18.0 Å². The van der Waals surface area contributed by atoms with E-state index in [0.717, 1.165) is 10.9 Å². The van der Waals surface area contributed by atoms with Gasteiger partial charge in [-0.05, 0) is 37.1 Å². The van der Waals surface area contributed by atoms with E-state index in [1.165, 1.54) is 6.92 Å². The number of aryl methyl sites for hydroxylation is 1. The van der Waals surface area contributed by atoms with Gasteiger partial charge in [0.15, 0.2) is 0 Å². The Hall–Kier alpha value is -2.26. The molecule has 2 rings (SSSR count). The van der Waals surface area contributed by atoms with Crippen LogP contribution in [0.3, 0.4) is 0 Å². The fourth-order valence-electron chi connectivity index (χ4n) is 2.17. The van der Waals surface area contributed by atoms with Gasteiger partial charge in [-0.3, -0.25) is 4.68 Å². The molecule has 1 aromatic heterocycles. The minimum atomic E-state index is -6.40. The minimum absolute atomic E-state index is 0.445. The Kier molecular flexibility index (Phi) is 4.52. The lowest BCUT2D eigenvalue weighted by atomic mass is 10.0. The summed E-state index contributed by atoms with van der Waals surface area (Å²) in [6, 6.07) is 4.56. The first-order valence-electron chi connectivity index (χ1n) is 7.03. The zero-order chi connectivity index (χ0) is 19.2. The quantitative estimate of drug-likeness (QED) is 0.629. The molecule has 0 fully saturated rings. The molecule has 0 amide bonds. The van der Waals surface area contributed by atoms with Crippen molar-refractivity contribution in [2.45, 2.75) is 37.9 Å². The fraction of sp³-hybridized carbons (Fsp3) is 0.400. The second-order valence-electron chi connectivity index (χ2n) is 5.62. The number of nitrogens with zero attached hydrogens (tertiary/aromatic N) is 2. The van der Waals surface area contributed by atoms with Gasteiger partial charge in [0.25, 0.3) is 0 Å². The van der Waals surface area contributed by atoms with Gasteiger partial charge in [-0.2, -0.15) is 35.8 Å². The monoisotopic (exact) mass is 369 g/mol. The predicted molar refractivity (Wildman–Crippen MR) is 76.5 cm³/mol. The number of alkyl halides is 7. The summed E-state index contributed by atoms with van der Waals surface area (Å²) < 4.78 is 91.1. The van der Waals surface area contributed by atoms with Crippen molar-refractivity contribution in [2.24, 2.45) is 0 Å². The van der Waals surface area contributed by atoms with Crippen molar-refractivity contribution in [3.05, 3.63) is 47.3 Å². The number of nitrogens with two attached hydrogens (primary N) is 1. The van der Waals surface area contributed by atoms with Crippen LogP contribution in [0.25, 0.3) is 0 Å². The van der Waals surface area contributed by atoms with Gasteiger partial charge in [-0.15, -0.1) is 0 Å². The molecular weight excluding hydrogens is 355 g/mol. The summed E-state index contributed by atoms with van der Waals surface area (Å²) in [7, 11) is 0. The lowest BCUT2D eigenvalue weighted by Gasteiger charge is -2.26. The van der Waals surface area contributed by atoms with E-state index in [-0.39, 0.29) is 0 Å². The molecule has 1 atom stereocenters. The Labute approximate surface area is 138 Å². The lowest BCUT2D eigenvalue weighted by molar-refractivity contribution is -0.360. The van der Waals surface area contributed by atoms with Gasteiger partial charge in [0.1, 0.15) is 5.69 Å². The highest BCUT2D eigenvalue weighted by atomic mass is 19.4. The Morgan fingerprint density at radius 2 is 1.64 bits per heavy atom. The summed E-state index contributed by atoms with van der Waals surface area (Å²) in [6.07, 6.45) is -5.48. The molecule has 2 aromatic rings. The van der Waals surface area contributed by atoms with Gasteiger partial charge in [0.2, 0.25) is 0 Å². The first-order chi connectivity index (χ1) is 11.3. The third-order valence-electron chi connectivity index (χ3n) is 3.85. The summed E-state index contributed by atoms with van der Waals surface area (Å²) in [6.45, 7) is 3.24. The lowest BCUT2D eigenvalue weighted by Crippen LogP contribution is -2.50. The molecule has 138 valence electrons. The smallest absolute Gasteiger partial charge is 0.399 e. The predicted octanol–water partition coefficient (Wildman–Crippen LogP) is 4.67. The van der Waals surface area contributed by atoms with Gasteiger partial charge < -0.3 is 5.73 Å². The third kappa shape index (κ3) is 3.16. The molecule has 1 unspecified atom stereocenters. The number of benzene rings is 1. The molecule has 0 aliphatic carbocycles. The van der Waals surface area contributed by atoms with Gasteiger partial charge in [0.05, 0.1) is 6.04 Å². The number of hydrogen-bond acceptors (Lipinski definition) is 2. The number of nitrogen functional groups attached to an aromatic ring is 1. The standard InChI is InChI=1S/C15H14F7N3/c1-8-7-10(3-4-11(8)23)9(2)25-6-5-12(24-25)13(16,17)14(18,19)15(20,21)22/h3-7,9H,23H2,1-2H3. The highest BCUT2D eigenvalue weighted by Crippen LogP contribution is 2.51. The Morgan fingerprint density at radius 3 is 2.16 bits per heavy atom. The molecule has 25 heavy (non-hydrogen) atoms. The molecule has 10 heteroatoms. The van der Waals surface area contributed by atoms with Crippen LogP contribution in [-0.4, -0.2) is 21.9 Å². The fourth-order valence-corrected chi connectivity index (χ4v) is 2.17. The molecule has 2 N–H and O–H groups in total. The average Bonchev–Trinajstić information content (AvgIpc) is 2.98. The van der Waals surface area contributed by atoms with Crippen molar-refractivity contribution in [2.75, 3.05) is 5.73 Å². The maximum absolute atomic E-state index is 13.7. The highest BCUT2D eigenvalue weighted by Gasteiger charge is 2.74. The summed E-state index contributed by atoms with van der Waals surface area (Å²) in [5, 5.41) is 3.25. The Morgan fingerprint density at radius 1 is 1.04 bits per heavy atom. The van der Waals surface area contributed by atoms with Gasteiger partial charge in [-0.25, -0.2) is 0 Å². The second-order valence-corrected chi connectivity index (χ2v) is 5.62. The van der Waals surface area contributed by atoms with Crippen LogP contribution in [-0.2, 0) is 5.92 Å². The number of rotatable bonds is 4. The Bertz CT molecular complexity index is 765. The molecule has 0 aliphatic heterocycles. The molecule has 0 radical (unpaired) electrons. The number of anilines is 1. The van der Waals surface area contributed by atoms with Crippen LogP contribution < -0.4 is 5.73 Å². The van der Waals surface area contributed by atoms with Crippen molar-refractivity contribution in [3.63, 3.8) is 0 Å². The zero-order valence-corrected chi connectivity index (χ0v) is 13.1. The largest absolute Gasteiger partial charge is 0.460 e. The van der Waals surface area contributed by atoms with Crippen LogP contribution in [0.4, 0.5) is 36.4 Å². The average molecular weight is 369 g/mol. The summed E-state index contributed by atoms with van der Waals surface area (Å²) in [4.78, 5) is 0. The molecule has 0 spiro atoms. The molecule has 0 saturated carbocycles. The molecule has 0 aliphatic rings. The van der Waals surface area contributed by atoms with Crippen LogP contribution in [0, 0.1) is 6.92 Å². The van der Waals surface area contributed by atoms with E-state index in [1.807, 2.05) is 0 Å². The van der Waals surface area contributed by atoms with Crippen molar-refractivity contribution in [3.8, 4) is 0 Å². The maximum atomic E-state index is 13.7. The molecule has 1 heterocycles. The highest BCUT2D eigenvalue weighted by molar-refractivity contribution is 5.48. The van der Waals surface area contributed by atoms with Gasteiger partial charge in [0, 0.05) is 11.9 Å². The summed E-state index contributed by atoms with van der Waals surface area (Å²) in [5.74, 6) is -11.7. The van der Waals surface area contributed by atoms with Gasteiger partial charge in [-0.1, -0.05) is 12.1 Å². The van der Waals surface area contributed by atoms with E-state index in [0.29, 0.717) is 22.9 Å².